The first-order chi connectivity index (χ1) is 17.0. The molecular formula is C25H30BrClN4O4S. The Hall–Kier alpha value is -1.98. The van der Waals surface area contributed by atoms with Crippen LogP contribution in [0.15, 0.2) is 49.3 Å². The van der Waals surface area contributed by atoms with E-state index < -0.39 is 21.1 Å². The third-order valence-electron chi connectivity index (χ3n) is 6.60. The van der Waals surface area contributed by atoms with E-state index in [1.54, 1.807) is 13.0 Å². The quantitative estimate of drug-likeness (QED) is 0.428. The Morgan fingerprint density at radius 1 is 1.14 bits per heavy atom. The Bertz CT molecular complexity index is 1520. The number of fused-ring (bicyclic) bond motifs is 1. The lowest BCUT2D eigenvalue weighted by atomic mass is 10.1. The highest BCUT2D eigenvalue weighted by atomic mass is 79.9. The van der Waals surface area contributed by atoms with Gasteiger partial charge in [-0.15, -0.1) is 0 Å². The summed E-state index contributed by atoms with van der Waals surface area (Å²) in [6.45, 7) is 5.11. The molecule has 3 aromatic rings. The van der Waals surface area contributed by atoms with Crippen LogP contribution in [0.3, 0.4) is 0 Å². The summed E-state index contributed by atoms with van der Waals surface area (Å²) in [6, 6.07) is 7.97. The topological polar surface area (TPSA) is 95.5 Å². The number of halogens is 2. The fourth-order valence-electron chi connectivity index (χ4n) is 4.85. The van der Waals surface area contributed by atoms with Crippen molar-refractivity contribution in [1.29, 1.82) is 0 Å². The molecule has 0 aliphatic carbocycles. The van der Waals surface area contributed by atoms with Gasteiger partial charge in [-0.05, 0) is 74.4 Å². The van der Waals surface area contributed by atoms with Crippen LogP contribution >= 0.6 is 27.5 Å². The molecule has 1 N–H and O–H groups in total. The smallest absolute Gasteiger partial charge is 0.309 e. The summed E-state index contributed by atoms with van der Waals surface area (Å²) < 4.78 is 27.0. The number of hydrogen-bond donors (Lipinski definition) is 1. The number of sulfone groups is 1. The zero-order valence-corrected chi connectivity index (χ0v) is 23.7. The fourth-order valence-corrected chi connectivity index (χ4v) is 6.62. The third-order valence-corrected chi connectivity index (χ3v) is 9.40. The van der Waals surface area contributed by atoms with Crippen LogP contribution in [0.5, 0.6) is 0 Å². The first-order valence-electron chi connectivity index (χ1n) is 11.8. The van der Waals surface area contributed by atoms with Gasteiger partial charge >= 0.3 is 5.69 Å². The van der Waals surface area contributed by atoms with Crippen LogP contribution < -0.4 is 11.2 Å². The maximum Gasteiger partial charge on any atom is 0.329 e. The molecule has 2 heterocycles. The number of rotatable bonds is 8. The van der Waals surface area contributed by atoms with Gasteiger partial charge in [-0.1, -0.05) is 34.5 Å². The van der Waals surface area contributed by atoms with Crippen molar-refractivity contribution in [2.24, 2.45) is 5.92 Å². The first-order valence-corrected chi connectivity index (χ1v) is 14.6. The standard InChI is InChI=1S/C25H30BrClN4O4S/c1-4-36(34,35)23-6-5-19(27)9-18(23)15-31-24(32)20-11-21(26)17(10-22(20)28-25(31)33)14-30-8-7-16(13-30)12-29(2)3/h5-6,9-11,16H,4,7-8,12-15H2,1-3H3,(H,28,33)/t16-/m0/s1. The molecule has 1 fully saturated rings. The molecular weight excluding hydrogens is 568 g/mol. The van der Waals surface area contributed by atoms with Crippen molar-refractivity contribution in [2.45, 2.75) is 31.3 Å². The van der Waals surface area contributed by atoms with E-state index in [1.807, 2.05) is 6.07 Å². The van der Waals surface area contributed by atoms with Gasteiger partial charge in [0.2, 0.25) is 0 Å². The highest BCUT2D eigenvalue weighted by Crippen LogP contribution is 2.26. The average molecular weight is 598 g/mol. The lowest BCUT2D eigenvalue weighted by molar-refractivity contribution is 0.286. The number of benzene rings is 2. The summed E-state index contributed by atoms with van der Waals surface area (Å²) in [4.78, 5) is 33.8. The minimum atomic E-state index is -3.57. The Labute approximate surface area is 223 Å². The van der Waals surface area contributed by atoms with Crippen molar-refractivity contribution in [2.75, 3.05) is 39.5 Å². The van der Waals surface area contributed by atoms with Gasteiger partial charge in [0.15, 0.2) is 9.84 Å². The van der Waals surface area contributed by atoms with E-state index in [4.69, 9.17) is 11.6 Å². The van der Waals surface area contributed by atoms with Crippen LogP contribution in [0.1, 0.15) is 24.5 Å². The molecule has 194 valence electrons. The molecule has 1 aliphatic heterocycles. The van der Waals surface area contributed by atoms with Gasteiger partial charge in [0.05, 0.1) is 28.1 Å². The van der Waals surface area contributed by atoms with Crippen LogP contribution in [-0.2, 0) is 22.9 Å². The normalized spacial score (nSPS) is 16.9. The van der Waals surface area contributed by atoms with Crippen molar-refractivity contribution >= 4 is 48.3 Å². The number of nitrogens with one attached hydrogen (secondary N) is 1. The second kappa shape index (κ2) is 10.8. The van der Waals surface area contributed by atoms with Crippen LogP contribution in [-0.4, -0.2) is 67.3 Å². The molecule has 0 radical (unpaired) electrons. The van der Waals surface area contributed by atoms with E-state index >= 15 is 0 Å². The number of likely N-dealkylation sites (tertiary alicyclic amines) is 1. The van der Waals surface area contributed by atoms with Crippen molar-refractivity contribution in [3.63, 3.8) is 0 Å². The average Bonchev–Trinajstić information content (AvgIpc) is 3.24. The zero-order valence-electron chi connectivity index (χ0n) is 20.6. The Morgan fingerprint density at radius 2 is 1.89 bits per heavy atom. The molecule has 0 bridgehead atoms. The maximum atomic E-state index is 13.3. The molecule has 0 unspecified atom stereocenters. The Balaban J connectivity index is 1.68. The SMILES string of the molecule is CCS(=O)(=O)c1ccc(Cl)cc1Cn1c(=O)[nH]c2cc(CN3CC[C@@H](CN(C)C)C3)c(Br)cc2c1=O. The molecule has 1 aromatic heterocycles. The molecule has 4 rings (SSSR count). The van der Waals surface area contributed by atoms with Gasteiger partial charge in [-0.3, -0.25) is 14.3 Å². The summed E-state index contributed by atoms with van der Waals surface area (Å²) in [5.74, 6) is 0.520. The Kier molecular flexibility index (Phi) is 8.11. The highest BCUT2D eigenvalue weighted by Gasteiger charge is 2.24. The lowest BCUT2D eigenvalue weighted by Gasteiger charge is -2.19. The molecule has 0 amide bonds. The van der Waals surface area contributed by atoms with E-state index in [9.17, 15) is 18.0 Å². The van der Waals surface area contributed by atoms with E-state index in [0.717, 1.165) is 40.7 Å². The van der Waals surface area contributed by atoms with Crippen molar-refractivity contribution in [3.8, 4) is 0 Å². The van der Waals surface area contributed by atoms with E-state index in [-0.39, 0.29) is 17.2 Å². The molecule has 2 aromatic carbocycles. The zero-order chi connectivity index (χ0) is 26.2. The number of aromatic nitrogens is 2. The summed E-state index contributed by atoms with van der Waals surface area (Å²) in [7, 11) is 0.600. The van der Waals surface area contributed by atoms with Crippen LogP contribution in [0.25, 0.3) is 10.9 Å². The van der Waals surface area contributed by atoms with Gasteiger partial charge in [-0.2, -0.15) is 0 Å². The van der Waals surface area contributed by atoms with Gasteiger partial charge in [0.1, 0.15) is 0 Å². The van der Waals surface area contributed by atoms with E-state index in [2.05, 4.69) is 44.8 Å². The summed E-state index contributed by atoms with van der Waals surface area (Å²) in [6.07, 6.45) is 1.14. The van der Waals surface area contributed by atoms with Gasteiger partial charge in [0.25, 0.3) is 5.56 Å². The molecule has 1 saturated heterocycles. The summed E-state index contributed by atoms with van der Waals surface area (Å²) in [5, 5.41) is 0.673. The molecule has 36 heavy (non-hydrogen) atoms. The van der Waals surface area contributed by atoms with Crippen LogP contribution in [0, 0.1) is 5.92 Å². The monoisotopic (exact) mass is 596 g/mol. The molecule has 11 heteroatoms. The van der Waals surface area contributed by atoms with E-state index in [0.29, 0.717) is 34.0 Å². The fraction of sp³-hybridized carbons (Fsp3) is 0.440. The third kappa shape index (κ3) is 5.78. The van der Waals surface area contributed by atoms with Crippen LogP contribution in [0.2, 0.25) is 5.02 Å². The summed E-state index contributed by atoms with van der Waals surface area (Å²) >= 11 is 9.72. The second-order valence-corrected chi connectivity index (χ2v) is 13.2. The number of aromatic amines is 1. The van der Waals surface area contributed by atoms with Crippen molar-refractivity contribution in [1.82, 2.24) is 19.4 Å². The predicted molar refractivity (Wildman–Crippen MR) is 147 cm³/mol. The lowest BCUT2D eigenvalue weighted by Crippen LogP contribution is -2.36. The molecule has 1 aliphatic rings. The molecule has 0 saturated carbocycles. The van der Waals surface area contributed by atoms with Gasteiger partial charge in [0, 0.05) is 29.1 Å². The minimum absolute atomic E-state index is 0.0653. The Morgan fingerprint density at radius 3 is 2.58 bits per heavy atom. The molecule has 8 nitrogen and oxygen atoms in total. The second-order valence-electron chi connectivity index (χ2n) is 9.62. The summed E-state index contributed by atoms with van der Waals surface area (Å²) in [5.41, 5.74) is 0.650. The van der Waals surface area contributed by atoms with Gasteiger partial charge in [-0.25, -0.2) is 13.2 Å². The van der Waals surface area contributed by atoms with Crippen LogP contribution in [0.4, 0.5) is 0 Å². The van der Waals surface area contributed by atoms with E-state index in [1.165, 1.54) is 18.2 Å². The minimum Gasteiger partial charge on any atom is -0.309 e. The maximum absolute atomic E-state index is 13.3. The first kappa shape index (κ1) is 27.1. The largest absolute Gasteiger partial charge is 0.329 e. The van der Waals surface area contributed by atoms with Crippen molar-refractivity contribution in [3.05, 3.63) is 71.8 Å². The molecule has 0 spiro atoms. The number of hydrogen-bond acceptors (Lipinski definition) is 6. The number of nitrogens with zero attached hydrogens (tertiary/aromatic N) is 3. The van der Waals surface area contributed by atoms with Crippen molar-refractivity contribution < 1.29 is 8.42 Å². The molecule has 1 atom stereocenters. The highest BCUT2D eigenvalue weighted by molar-refractivity contribution is 9.10. The predicted octanol–water partition coefficient (Wildman–Crippen LogP) is 3.33. The number of H-pyrrole nitrogens is 1. The van der Waals surface area contributed by atoms with Gasteiger partial charge < -0.3 is 9.88 Å².